The minimum absolute atomic E-state index is 0.0792. The van der Waals surface area contributed by atoms with Crippen molar-refractivity contribution in [3.05, 3.63) is 108 Å². The van der Waals surface area contributed by atoms with Crippen molar-refractivity contribution in [1.29, 1.82) is 0 Å². The first-order chi connectivity index (χ1) is 15.9. The Labute approximate surface area is 198 Å². The van der Waals surface area contributed by atoms with Crippen molar-refractivity contribution in [2.75, 3.05) is 5.32 Å². The molecule has 0 spiro atoms. The molecule has 0 aliphatic rings. The van der Waals surface area contributed by atoms with Crippen molar-refractivity contribution >= 4 is 26.7 Å². The van der Waals surface area contributed by atoms with Crippen LogP contribution in [0, 0.1) is 5.82 Å². The molecule has 0 fully saturated rings. The zero-order valence-electron chi connectivity index (χ0n) is 17.1. The molecule has 0 saturated carbocycles. The second-order valence-corrected chi connectivity index (χ2v) is 8.30. The van der Waals surface area contributed by atoms with Crippen LogP contribution in [0.3, 0.4) is 0 Å². The van der Waals surface area contributed by atoms with Gasteiger partial charge >= 0.3 is 189 Å². The van der Waals surface area contributed by atoms with Crippen LogP contribution in [-0.2, 0) is 24.1 Å². The molecule has 1 aromatic carbocycles. The second-order valence-electron chi connectivity index (χ2n) is 6.86. The van der Waals surface area contributed by atoms with Gasteiger partial charge in [0.05, 0.1) is 0 Å². The Bertz CT molecular complexity index is 1450. The summed E-state index contributed by atoms with van der Waals surface area (Å²) in [4.78, 5) is 32.5. The number of aromatic amines is 1. The van der Waals surface area contributed by atoms with E-state index in [1.807, 2.05) is 6.07 Å². The molecule has 164 valence electrons. The second kappa shape index (κ2) is 9.71. The van der Waals surface area contributed by atoms with E-state index in [0.717, 1.165) is 30.4 Å². The zero-order chi connectivity index (χ0) is 23.4. The summed E-state index contributed by atoms with van der Waals surface area (Å²) in [5, 5.41) is 3.42. The van der Waals surface area contributed by atoms with E-state index in [0.29, 0.717) is 15.5 Å². The van der Waals surface area contributed by atoms with E-state index < -0.39 is 17.3 Å². The van der Waals surface area contributed by atoms with Crippen LogP contribution in [0.15, 0.2) is 96.2 Å². The van der Waals surface area contributed by atoms with E-state index in [1.54, 1.807) is 36.8 Å². The number of halogens is 1. The summed E-state index contributed by atoms with van der Waals surface area (Å²) >= 11 is 1.06. The summed E-state index contributed by atoms with van der Waals surface area (Å²) in [6, 6.07) is 12.2. The van der Waals surface area contributed by atoms with Gasteiger partial charge < -0.3 is 0 Å². The maximum atomic E-state index is 13.2. The average molecular weight is 612 g/mol. The van der Waals surface area contributed by atoms with Crippen molar-refractivity contribution in [1.82, 2.24) is 14.5 Å². The number of nitrogens with one attached hydrogen (secondary N) is 2. The first kappa shape index (κ1) is 22.3. The molecule has 4 rings (SSSR count). The van der Waals surface area contributed by atoms with Gasteiger partial charge in [-0.05, 0) is 0 Å². The molecule has 0 aliphatic carbocycles. The van der Waals surface area contributed by atoms with Gasteiger partial charge in [0.1, 0.15) is 5.82 Å². The average Bonchev–Trinajstić information content (AvgIpc) is 3.29. The normalized spacial score (nSPS) is 10.9. The zero-order valence-corrected chi connectivity index (χ0v) is 20.1. The number of rotatable bonds is 7. The molecule has 7 nitrogen and oxygen atoms in total. The number of aromatic nitrogens is 3. The van der Waals surface area contributed by atoms with E-state index in [1.165, 1.54) is 41.0 Å². The van der Waals surface area contributed by atoms with Crippen LogP contribution in [0.25, 0.3) is 16.7 Å². The third-order valence-electron chi connectivity index (χ3n) is 4.64. The Morgan fingerprint density at radius 3 is 2.76 bits per heavy atom. The molecule has 0 saturated heterocycles. The third kappa shape index (κ3) is 5.13. The topological polar surface area (TPSA) is 89.0 Å². The van der Waals surface area contributed by atoms with Crippen molar-refractivity contribution in [3.63, 3.8) is 0 Å². The van der Waals surface area contributed by atoms with Crippen molar-refractivity contribution < 1.29 is 33.3 Å². The van der Waals surface area contributed by atoms with Gasteiger partial charge in [-0.3, -0.25) is 0 Å². The van der Waals surface area contributed by atoms with Gasteiger partial charge in [0.25, 0.3) is 0 Å². The number of pyridine rings is 2. The van der Waals surface area contributed by atoms with Gasteiger partial charge in [0.2, 0.25) is 0 Å². The molecular formula is C24H17FN4O3W. The van der Waals surface area contributed by atoms with Crippen LogP contribution in [0.5, 0.6) is 5.75 Å². The molecule has 33 heavy (non-hydrogen) atoms. The van der Waals surface area contributed by atoms with Crippen LogP contribution in [0.4, 0.5) is 10.1 Å². The van der Waals surface area contributed by atoms with Crippen LogP contribution in [0.1, 0.15) is 0 Å². The van der Waals surface area contributed by atoms with Crippen LogP contribution < -0.4 is 15.6 Å². The Morgan fingerprint density at radius 1 is 1.18 bits per heavy atom. The number of ether oxygens (including phenoxy) is 1. The molecule has 0 radical (unpaired) electrons. The summed E-state index contributed by atoms with van der Waals surface area (Å²) in [7, 11) is 0. The number of hydrogen-bond donors (Lipinski definition) is 2. The molecule has 0 aliphatic heterocycles. The number of carbonyl (C=O) groups excluding carboxylic acids is 1. The van der Waals surface area contributed by atoms with E-state index >= 15 is 0 Å². The number of nitrogens with zero attached hydrogens (tertiary/aromatic N) is 2. The fourth-order valence-electron chi connectivity index (χ4n) is 3.01. The summed E-state index contributed by atoms with van der Waals surface area (Å²) in [5.74, 6) is -0.282. The van der Waals surface area contributed by atoms with Crippen molar-refractivity contribution in [2.24, 2.45) is 0 Å². The van der Waals surface area contributed by atoms with E-state index in [4.69, 9.17) is 4.74 Å². The first-order valence-corrected chi connectivity index (χ1v) is 11.2. The summed E-state index contributed by atoms with van der Waals surface area (Å²) in [6.07, 6.45) is 8.14. The van der Waals surface area contributed by atoms with E-state index in [-0.39, 0.29) is 11.3 Å². The molecule has 0 unspecified atom stereocenters. The van der Waals surface area contributed by atoms with Gasteiger partial charge in [-0.2, -0.15) is 0 Å². The standard InChI is InChI=1S/C24H17FN4O3.W/c1-16(4-3-15-32-21-11-13-27-22-19(21)10-12-26-22)23(30)28-20-5-2-14-29(24(20)31)18-8-6-17(25)7-9-18;/h2-14H,1H2,(H,26,27)(H,28,30);. The Hall–Kier alpha value is -3.90. The Kier molecular flexibility index (Phi) is 6.56. The fraction of sp³-hybridized carbons (Fsp3) is 0. The molecule has 4 aromatic rings. The monoisotopic (exact) mass is 612 g/mol. The van der Waals surface area contributed by atoms with Gasteiger partial charge in [0.15, 0.2) is 0 Å². The minimum atomic E-state index is -0.528. The Morgan fingerprint density at radius 2 is 1.97 bits per heavy atom. The predicted molar refractivity (Wildman–Crippen MR) is 121 cm³/mol. The van der Waals surface area contributed by atoms with Crippen LogP contribution >= 0.6 is 0 Å². The van der Waals surface area contributed by atoms with Crippen molar-refractivity contribution in [2.45, 2.75) is 0 Å². The molecule has 3 heterocycles. The molecule has 3 aromatic heterocycles. The maximum absolute atomic E-state index is 13.2. The molecule has 2 N–H and O–H groups in total. The summed E-state index contributed by atoms with van der Waals surface area (Å²) in [6.45, 7) is 3.77. The fourth-order valence-corrected chi connectivity index (χ4v) is 3.58. The number of anilines is 1. The quantitative estimate of drug-likeness (QED) is 0.247. The number of H-pyrrole nitrogens is 1. The Balaban J connectivity index is 1.43. The summed E-state index contributed by atoms with van der Waals surface area (Å²) in [5.41, 5.74) is 0.982. The SMILES string of the molecule is C=C(C=C[C](=[W])Oc1ccnc2[nH]ccc12)C(=O)Nc1cccn(-c2ccc(F)cc2)c1=O. The number of fused-ring (bicyclic) bond motifs is 1. The number of hydrogen-bond acceptors (Lipinski definition) is 4. The van der Waals surface area contributed by atoms with E-state index in [2.05, 4.69) is 21.9 Å². The molecular weight excluding hydrogens is 595 g/mol. The van der Waals surface area contributed by atoms with Gasteiger partial charge in [0, 0.05) is 0 Å². The molecule has 0 atom stereocenters. The van der Waals surface area contributed by atoms with E-state index in [9.17, 15) is 14.0 Å². The number of benzene rings is 1. The third-order valence-corrected chi connectivity index (χ3v) is 5.43. The van der Waals surface area contributed by atoms with Crippen LogP contribution in [-0.4, -0.2) is 24.5 Å². The molecule has 0 bridgehead atoms. The van der Waals surface area contributed by atoms with Crippen molar-refractivity contribution in [3.8, 4) is 11.4 Å². The molecule has 1 amide bonds. The first-order valence-electron chi connectivity index (χ1n) is 9.72. The molecule has 9 heteroatoms. The number of amides is 1. The van der Waals surface area contributed by atoms with Gasteiger partial charge in [-0.25, -0.2) is 4.39 Å². The van der Waals surface area contributed by atoms with Gasteiger partial charge in [-0.15, -0.1) is 0 Å². The van der Waals surface area contributed by atoms with Crippen LogP contribution in [0.2, 0.25) is 0 Å². The van der Waals surface area contributed by atoms with Gasteiger partial charge in [-0.1, -0.05) is 0 Å². The summed E-state index contributed by atoms with van der Waals surface area (Å²) < 4.78 is 21.0. The predicted octanol–water partition coefficient (Wildman–Crippen LogP) is 3.66. The number of carbonyl (C=O) groups is 1.